The Hall–Kier alpha value is -1.34. The molecule has 3 rings (SSSR count). The van der Waals surface area contributed by atoms with E-state index in [1.807, 2.05) is 30.1 Å². The molecule has 0 amide bonds. The van der Waals surface area contributed by atoms with Crippen LogP contribution in [0.4, 0.5) is 0 Å². The lowest BCUT2D eigenvalue weighted by molar-refractivity contribution is 0.174. The van der Waals surface area contributed by atoms with Crippen LogP contribution in [0.1, 0.15) is 17.3 Å². The predicted octanol–water partition coefficient (Wildman–Crippen LogP) is 2.66. The Morgan fingerprint density at radius 3 is 3.05 bits per heavy atom. The molecule has 0 saturated heterocycles. The second-order valence-corrected chi connectivity index (χ2v) is 6.01. The van der Waals surface area contributed by atoms with Gasteiger partial charge in [-0.2, -0.15) is 0 Å². The third kappa shape index (κ3) is 2.98. The normalized spacial score (nSPS) is 14.7. The van der Waals surface area contributed by atoms with Crippen LogP contribution in [0.15, 0.2) is 23.0 Å². The molecule has 2 aromatic rings. The Balaban J connectivity index is 1.84. The lowest BCUT2D eigenvalue weighted by Crippen LogP contribution is -2.30. The molecule has 1 unspecified atom stereocenters. The van der Waals surface area contributed by atoms with E-state index < -0.39 is 0 Å². The zero-order valence-electron chi connectivity index (χ0n) is 11.6. The number of fused-ring (bicyclic) bond motifs is 1. The van der Waals surface area contributed by atoms with Crippen molar-refractivity contribution in [3.63, 3.8) is 0 Å². The summed E-state index contributed by atoms with van der Waals surface area (Å²) >= 11 is 7.84. The highest BCUT2D eigenvalue weighted by molar-refractivity contribution is 7.07. The first kappa shape index (κ1) is 14.6. The molecule has 1 aromatic heterocycles. The molecule has 2 heterocycles. The minimum absolute atomic E-state index is 0.0405. The highest BCUT2D eigenvalue weighted by Gasteiger charge is 2.23. The summed E-state index contributed by atoms with van der Waals surface area (Å²) in [5.41, 5.74) is 9.84. The van der Waals surface area contributed by atoms with Gasteiger partial charge in [-0.25, -0.2) is 4.98 Å². The third-order valence-corrected chi connectivity index (χ3v) is 4.40. The Labute approximate surface area is 132 Å². The van der Waals surface area contributed by atoms with Crippen LogP contribution in [0, 0.1) is 0 Å². The van der Waals surface area contributed by atoms with Crippen LogP contribution in [0.25, 0.3) is 0 Å². The number of nitrogens with two attached hydrogens (primary N) is 1. The minimum Gasteiger partial charge on any atom is -0.454 e. The van der Waals surface area contributed by atoms with Crippen molar-refractivity contribution in [1.82, 2.24) is 9.88 Å². The summed E-state index contributed by atoms with van der Waals surface area (Å²) in [6.45, 7) is 1.43. The maximum atomic E-state index is 6.25. The zero-order chi connectivity index (χ0) is 14.8. The molecule has 1 aliphatic heterocycles. The summed E-state index contributed by atoms with van der Waals surface area (Å²) in [5.74, 6) is 1.29. The number of hydrogen-bond acceptors (Lipinski definition) is 6. The number of nitrogens with zero attached hydrogens (tertiary/aromatic N) is 2. The third-order valence-electron chi connectivity index (χ3n) is 3.48. The van der Waals surface area contributed by atoms with Gasteiger partial charge in [-0.15, -0.1) is 11.3 Å². The maximum Gasteiger partial charge on any atom is 0.231 e. The van der Waals surface area contributed by atoms with Gasteiger partial charge in [0.1, 0.15) is 0 Å². The second-order valence-electron chi connectivity index (χ2n) is 4.88. The van der Waals surface area contributed by atoms with Crippen molar-refractivity contribution in [1.29, 1.82) is 0 Å². The first-order valence-electron chi connectivity index (χ1n) is 6.55. The average Bonchev–Trinajstić information content (AvgIpc) is 3.10. The van der Waals surface area contributed by atoms with Crippen molar-refractivity contribution < 1.29 is 9.47 Å². The lowest BCUT2D eigenvalue weighted by atomic mass is 10.0. The van der Waals surface area contributed by atoms with Crippen LogP contribution < -0.4 is 15.2 Å². The number of benzene rings is 1. The Bertz CT molecular complexity index is 621. The van der Waals surface area contributed by atoms with Crippen molar-refractivity contribution in [2.24, 2.45) is 5.73 Å². The number of ether oxygens (including phenoxy) is 2. The number of likely N-dealkylation sites (N-methyl/N-ethyl adjacent to an activating group) is 1. The van der Waals surface area contributed by atoms with Gasteiger partial charge >= 0.3 is 0 Å². The van der Waals surface area contributed by atoms with Crippen LogP contribution in [-0.2, 0) is 6.54 Å². The fourth-order valence-electron chi connectivity index (χ4n) is 2.43. The van der Waals surface area contributed by atoms with E-state index in [0.29, 0.717) is 23.1 Å². The number of aromatic nitrogens is 1. The standard InChI is InChI=1S/C14H16ClN3O2S/c1-18(5-10-6-21-7-17-10)12(4-16)9-2-11(15)14-13(3-9)19-8-20-14/h2-3,6-7,12H,4-5,8,16H2,1H3. The van der Waals surface area contributed by atoms with E-state index in [0.717, 1.165) is 17.8 Å². The molecule has 21 heavy (non-hydrogen) atoms. The van der Waals surface area contributed by atoms with Gasteiger partial charge in [0.2, 0.25) is 6.79 Å². The molecule has 0 fully saturated rings. The van der Waals surface area contributed by atoms with E-state index in [2.05, 4.69) is 9.88 Å². The van der Waals surface area contributed by atoms with E-state index >= 15 is 0 Å². The summed E-state index contributed by atoms with van der Waals surface area (Å²) in [7, 11) is 2.02. The summed E-state index contributed by atoms with van der Waals surface area (Å²) in [4.78, 5) is 6.46. The lowest BCUT2D eigenvalue weighted by Gasteiger charge is -2.27. The maximum absolute atomic E-state index is 6.25. The molecule has 112 valence electrons. The molecule has 1 aromatic carbocycles. The fraction of sp³-hybridized carbons (Fsp3) is 0.357. The van der Waals surface area contributed by atoms with Crippen LogP contribution >= 0.6 is 22.9 Å². The van der Waals surface area contributed by atoms with Crippen molar-refractivity contribution in [2.45, 2.75) is 12.6 Å². The van der Waals surface area contributed by atoms with Gasteiger partial charge in [0.25, 0.3) is 0 Å². The zero-order valence-corrected chi connectivity index (χ0v) is 13.2. The molecular weight excluding hydrogens is 310 g/mol. The van der Waals surface area contributed by atoms with Crippen molar-refractivity contribution in [3.05, 3.63) is 39.3 Å². The largest absolute Gasteiger partial charge is 0.454 e. The molecule has 0 bridgehead atoms. The van der Waals surface area contributed by atoms with Crippen molar-refractivity contribution in [2.75, 3.05) is 20.4 Å². The van der Waals surface area contributed by atoms with Crippen LogP contribution in [0.2, 0.25) is 5.02 Å². The topological polar surface area (TPSA) is 60.6 Å². The van der Waals surface area contributed by atoms with E-state index in [9.17, 15) is 0 Å². The Morgan fingerprint density at radius 2 is 2.33 bits per heavy atom. The quantitative estimate of drug-likeness (QED) is 0.915. The molecule has 1 aliphatic rings. The van der Waals surface area contributed by atoms with Gasteiger partial charge in [0.15, 0.2) is 11.5 Å². The SMILES string of the molecule is CN(Cc1cscn1)C(CN)c1cc(Cl)c2c(c1)OCO2. The number of hydrogen-bond donors (Lipinski definition) is 1. The van der Waals surface area contributed by atoms with E-state index in [4.69, 9.17) is 26.8 Å². The molecule has 0 saturated carbocycles. The molecule has 0 radical (unpaired) electrons. The molecule has 0 aliphatic carbocycles. The Morgan fingerprint density at radius 1 is 1.48 bits per heavy atom. The fourth-order valence-corrected chi connectivity index (χ4v) is 3.25. The first-order chi connectivity index (χ1) is 10.2. The second kappa shape index (κ2) is 6.19. The van der Waals surface area contributed by atoms with Gasteiger partial charge in [0, 0.05) is 24.5 Å². The van der Waals surface area contributed by atoms with Gasteiger partial charge in [-0.05, 0) is 24.7 Å². The van der Waals surface area contributed by atoms with E-state index in [1.165, 1.54) is 0 Å². The van der Waals surface area contributed by atoms with Gasteiger partial charge in [0.05, 0.1) is 16.2 Å². The molecule has 0 spiro atoms. The summed E-state index contributed by atoms with van der Waals surface area (Å²) in [5, 5.41) is 2.59. The average molecular weight is 326 g/mol. The minimum atomic E-state index is 0.0405. The number of rotatable bonds is 5. The molecule has 5 nitrogen and oxygen atoms in total. The van der Waals surface area contributed by atoms with Gasteiger partial charge < -0.3 is 15.2 Å². The van der Waals surface area contributed by atoms with Crippen LogP contribution in [-0.4, -0.2) is 30.3 Å². The molecule has 1 atom stereocenters. The summed E-state index contributed by atoms with van der Waals surface area (Å²) < 4.78 is 10.8. The molecular formula is C14H16ClN3O2S. The monoisotopic (exact) mass is 325 g/mol. The van der Waals surface area contributed by atoms with Crippen molar-refractivity contribution >= 4 is 22.9 Å². The smallest absolute Gasteiger partial charge is 0.231 e. The van der Waals surface area contributed by atoms with Crippen LogP contribution in [0.3, 0.4) is 0 Å². The van der Waals surface area contributed by atoms with Gasteiger partial charge in [-0.1, -0.05) is 11.6 Å². The highest BCUT2D eigenvalue weighted by atomic mass is 35.5. The van der Waals surface area contributed by atoms with E-state index in [1.54, 1.807) is 11.3 Å². The molecule has 2 N–H and O–H groups in total. The summed E-state index contributed by atoms with van der Waals surface area (Å²) in [6.07, 6.45) is 0. The number of thiazole rings is 1. The molecule has 7 heteroatoms. The van der Waals surface area contributed by atoms with Gasteiger partial charge in [-0.3, -0.25) is 4.90 Å². The highest BCUT2D eigenvalue weighted by Crippen LogP contribution is 2.41. The summed E-state index contributed by atoms with van der Waals surface area (Å²) in [6, 6.07) is 3.88. The first-order valence-corrected chi connectivity index (χ1v) is 7.87. The van der Waals surface area contributed by atoms with E-state index in [-0.39, 0.29) is 12.8 Å². The number of halogens is 1. The van der Waals surface area contributed by atoms with Crippen LogP contribution in [0.5, 0.6) is 11.5 Å². The van der Waals surface area contributed by atoms with Crippen molar-refractivity contribution in [3.8, 4) is 11.5 Å². The predicted molar refractivity (Wildman–Crippen MR) is 83.0 cm³/mol. The Kier molecular flexibility index (Phi) is 4.30.